The van der Waals surface area contributed by atoms with Crippen LogP contribution in [0.5, 0.6) is 5.75 Å². The van der Waals surface area contributed by atoms with Crippen molar-refractivity contribution in [2.45, 2.75) is 19.4 Å². The Balaban J connectivity index is 1.88. The summed E-state index contributed by atoms with van der Waals surface area (Å²) < 4.78 is 5.21. The molecule has 0 spiro atoms. The van der Waals surface area contributed by atoms with Crippen molar-refractivity contribution in [3.05, 3.63) is 48.6 Å². The van der Waals surface area contributed by atoms with Gasteiger partial charge in [0, 0.05) is 11.4 Å². The maximum Gasteiger partial charge on any atom is 0.251 e. The van der Waals surface area contributed by atoms with Crippen LogP contribution in [0, 0.1) is 0 Å². The first-order chi connectivity index (χ1) is 11.7. The summed E-state index contributed by atoms with van der Waals surface area (Å²) in [5, 5.41) is 4.34. The molecule has 1 fully saturated rings. The summed E-state index contributed by atoms with van der Waals surface area (Å²) in [5.41, 5.74) is 1.13. The average Bonchev–Trinajstić information content (AvgIpc) is 3.28. The molecule has 1 aliphatic rings. The van der Waals surface area contributed by atoms with Crippen molar-refractivity contribution in [1.82, 2.24) is 5.32 Å². The Bertz CT molecular complexity index is 715. The number of ether oxygens (including phenoxy) is 1. The Morgan fingerprint density at radius 2 is 2.08 bits per heavy atom. The van der Waals surface area contributed by atoms with Gasteiger partial charge in [-0.3, -0.25) is 9.69 Å². The predicted octanol–water partition coefficient (Wildman–Crippen LogP) is 3.69. The van der Waals surface area contributed by atoms with Crippen molar-refractivity contribution >= 4 is 22.2 Å². The third kappa shape index (κ3) is 3.52. The normalized spacial score (nSPS) is 17.3. The first-order valence-corrected chi connectivity index (χ1v) is 8.95. The summed E-state index contributed by atoms with van der Waals surface area (Å²) in [6.07, 6.45) is 4.43. The molecule has 1 aromatic carbocycles. The third-order valence-corrected chi connectivity index (χ3v) is 5.28. The molecule has 4 nitrogen and oxygen atoms in total. The number of benzene rings is 1. The highest BCUT2D eigenvalue weighted by Gasteiger charge is 2.27. The minimum Gasteiger partial charge on any atom is -0.497 e. The molecule has 126 valence electrons. The quantitative estimate of drug-likeness (QED) is 0.843. The number of thiophene rings is 1. The van der Waals surface area contributed by atoms with Gasteiger partial charge < -0.3 is 10.1 Å². The van der Waals surface area contributed by atoms with E-state index in [2.05, 4.69) is 11.4 Å². The summed E-state index contributed by atoms with van der Waals surface area (Å²) >= 11 is 1.65. The van der Waals surface area contributed by atoms with Crippen LogP contribution in [0.2, 0.25) is 0 Å². The second kappa shape index (κ2) is 7.64. The molecule has 1 atom stereocenters. The molecule has 2 aromatic rings. The lowest BCUT2D eigenvalue weighted by atomic mass is 10.2. The first-order valence-electron chi connectivity index (χ1n) is 8.14. The monoisotopic (exact) mass is 342 g/mol. The second-order valence-electron chi connectivity index (χ2n) is 5.72. The van der Waals surface area contributed by atoms with Gasteiger partial charge in [-0.15, -0.1) is 11.3 Å². The van der Waals surface area contributed by atoms with E-state index in [0.717, 1.165) is 40.7 Å². The van der Waals surface area contributed by atoms with Crippen molar-refractivity contribution in [3.8, 4) is 16.2 Å². The van der Waals surface area contributed by atoms with Gasteiger partial charge in [-0.05, 0) is 67.9 Å². The Morgan fingerprint density at radius 1 is 1.29 bits per heavy atom. The van der Waals surface area contributed by atoms with Crippen LogP contribution in [0.4, 0.5) is 5.00 Å². The van der Waals surface area contributed by atoms with Crippen LogP contribution in [0.1, 0.15) is 13.3 Å². The highest BCUT2D eigenvalue weighted by Crippen LogP contribution is 2.36. The molecule has 3 rings (SSSR count). The van der Waals surface area contributed by atoms with Gasteiger partial charge in [0.25, 0.3) is 5.91 Å². The molecule has 0 bridgehead atoms. The van der Waals surface area contributed by atoms with E-state index in [0.29, 0.717) is 0 Å². The summed E-state index contributed by atoms with van der Waals surface area (Å²) in [6.45, 7) is 3.68. The topological polar surface area (TPSA) is 41.6 Å². The average molecular weight is 342 g/mol. The molecule has 1 saturated heterocycles. The SMILES string of the molecule is CC=CC(=O)N(c1ccc(-c2ccc(OC)cc2)s1)C1CCNC1. The molecule has 0 aliphatic carbocycles. The van der Waals surface area contributed by atoms with E-state index in [9.17, 15) is 4.79 Å². The van der Waals surface area contributed by atoms with E-state index in [-0.39, 0.29) is 11.9 Å². The third-order valence-electron chi connectivity index (χ3n) is 4.15. The van der Waals surface area contributed by atoms with E-state index >= 15 is 0 Å². The molecule has 1 aromatic heterocycles. The Morgan fingerprint density at radius 3 is 2.71 bits per heavy atom. The number of allylic oxidation sites excluding steroid dienone is 1. The predicted molar refractivity (Wildman–Crippen MR) is 99.9 cm³/mol. The molecule has 1 N–H and O–H groups in total. The lowest BCUT2D eigenvalue weighted by Crippen LogP contribution is -2.40. The standard InChI is InChI=1S/C19H22N2O2S/c1-3-4-18(22)21(15-11-12-20-13-15)19-10-9-17(24-19)14-5-7-16(23-2)8-6-14/h3-10,15,20H,11-13H2,1-2H3. The van der Waals surface area contributed by atoms with E-state index in [1.807, 2.05) is 42.2 Å². The van der Waals surface area contributed by atoms with Gasteiger partial charge in [-0.25, -0.2) is 0 Å². The van der Waals surface area contributed by atoms with Crippen LogP contribution in [0.15, 0.2) is 48.6 Å². The summed E-state index contributed by atoms with van der Waals surface area (Å²) in [6, 6.07) is 12.4. The molecular weight excluding hydrogens is 320 g/mol. The minimum absolute atomic E-state index is 0.0503. The fourth-order valence-corrected chi connectivity index (χ4v) is 4.01. The molecule has 24 heavy (non-hydrogen) atoms. The molecule has 1 aliphatic heterocycles. The number of hydrogen-bond acceptors (Lipinski definition) is 4. The van der Waals surface area contributed by atoms with Crippen molar-refractivity contribution in [2.75, 3.05) is 25.1 Å². The van der Waals surface area contributed by atoms with E-state index in [4.69, 9.17) is 4.74 Å². The van der Waals surface area contributed by atoms with Crippen molar-refractivity contribution in [3.63, 3.8) is 0 Å². The number of rotatable bonds is 5. The highest BCUT2D eigenvalue weighted by atomic mass is 32.1. The van der Waals surface area contributed by atoms with Crippen LogP contribution < -0.4 is 15.0 Å². The molecular formula is C19H22N2O2S. The number of carbonyl (C=O) groups is 1. The van der Waals surface area contributed by atoms with Gasteiger partial charge >= 0.3 is 0 Å². The summed E-state index contributed by atoms with van der Waals surface area (Å²) in [5.74, 6) is 0.895. The second-order valence-corrected chi connectivity index (χ2v) is 6.78. The lowest BCUT2D eigenvalue weighted by molar-refractivity contribution is -0.114. The number of nitrogens with zero attached hydrogens (tertiary/aromatic N) is 1. The largest absolute Gasteiger partial charge is 0.497 e. The Kier molecular flexibility index (Phi) is 5.33. The molecule has 0 radical (unpaired) electrons. The number of methoxy groups -OCH3 is 1. The van der Waals surface area contributed by atoms with Crippen molar-refractivity contribution in [1.29, 1.82) is 0 Å². The van der Waals surface area contributed by atoms with Gasteiger partial charge in [0.2, 0.25) is 0 Å². The van der Waals surface area contributed by atoms with Crippen molar-refractivity contribution in [2.24, 2.45) is 0 Å². The maximum atomic E-state index is 12.6. The zero-order valence-corrected chi connectivity index (χ0v) is 14.8. The number of carbonyl (C=O) groups excluding carboxylic acids is 1. The number of anilines is 1. The molecule has 0 saturated carbocycles. The van der Waals surface area contributed by atoms with Crippen LogP contribution in [0.25, 0.3) is 10.4 Å². The van der Waals surface area contributed by atoms with Gasteiger partial charge in [0.05, 0.1) is 18.2 Å². The maximum absolute atomic E-state index is 12.6. The number of hydrogen-bond donors (Lipinski definition) is 1. The van der Waals surface area contributed by atoms with Crippen molar-refractivity contribution < 1.29 is 9.53 Å². The molecule has 1 unspecified atom stereocenters. The first kappa shape index (κ1) is 16.7. The Hall–Kier alpha value is -2.11. The zero-order chi connectivity index (χ0) is 16.9. The minimum atomic E-state index is 0.0503. The molecule has 2 heterocycles. The number of nitrogens with one attached hydrogen (secondary N) is 1. The van der Waals surface area contributed by atoms with Gasteiger partial charge in [0.1, 0.15) is 5.75 Å². The van der Waals surface area contributed by atoms with E-state index in [1.54, 1.807) is 30.6 Å². The van der Waals surface area contributed by atoms with E-state index in [1.165, 1.54) is 0 Å². The van der Waals surface area contributed by atoms with Crippen LogP contribution >= 0.6 is 11.3 Å². The van der Waals surface area contributed by atoms with Gasteiger partial charge in [-0.1, -0.05) is 6.08 Å². The number of amides is 1. The van der Waals surface area contributed by atoms with Crippen LogP contribution in [0.3, 0.4) is 0 Å². The van der Waals surface area contributed by atoms with Gasteiger partial charge in [0.15, 0.2) is 0 Å². The van der Waals surface area contributed by atoms with Gasteiger partial charge in [-0.2, -0.15) is 0 Å². The highest BCUT2D eigenvalue weighted by molar-refractivity contribution is 7.19. The Labute approximate surface area is 146 Å². The van der Waals surface area contributed by atoms with Crippen LogP contribution in [-0.4, -0.2) is 32.1 Å². The molecule has 5 heteroatoms. The smallest absolute Gasteiger partial charge is 0.251 e. The fraction of sp³-hybridized carbons (Fsp3) is 0.316. The fourth-order valence-electron chi connectivity index (χ4n) is 2.92. The van der Waals surface area contributed by atoms with Crippen LogP contribution in [-0.2, 0) is 4.79 Å². The molecule has 1 amide bonds. The summed E-state index contributed by atoms with van der Waals surface area (Å²) in [4.78, 5) is 15.6. The lowest BCUT2D eigenvalue weighted by Gasteiger charge is -2.25. The summed E-state index contributed by atoms with van der Waals surface area (Å²) in [7, 11) is 1.67. The van der Waals surface area contributed by atoms with E-state index < -0.39 is 0 Å². The zero-order valence-electron chi connectivity index (χ0n) is 14.0.